The number of nitrogens with one attached hydrogen (secondary N) is 1. The van der Waals surface area contributed by atoms with Crippen LogP contribution in [0.5, 0.6) is 0 Å². The van der Waals surface area contributed by atoms with E-state index in [9.17, 15) is 14.4 Å². The second-order valence-electron chi connectivity index (χ2n) is 7.15. The molecule has 1 aliphatic rings. The first-order valence-corrected chi connectivity index (χ1v) is 9.24. The lowest BCUT2D eigenvalue weighted by Gasteiger charge is -2.30. The number of alkyl carbamates (subject to hydrolysis) is 1. The van der Waals surface area contributed by atoms with Gasteiger partial charge in [-0.1, -0.05) is 18.2 Å². The molecular formula is C19H25ClN2O5. The molecule has 1 aromatic carbocycles. The third kappa shape index (κ3) is 5.20. The van der Waals surface area contributed by atoms with E-state index in [0.717, 1.165) is 0 Å². The van der Waals surface area contributed by atoms with E-state index < -0.39 is 35.2 Å². The average molecular weight is 397 g/mol. The highest BCUT2D eigenvalue weighted by atomic mass is 35.5. The van der Waals surface area contributed by atoms with Crippen LogP contribution in [0.4, 0.5) is 10.5 Å². The maximum Gasteiger partial charge on any atom is 0.408 e. The molecule has 8 heteroatoms. The van der Waals surface area contributed by atoms with Gasteiger partial charge in [-0.2, -0.15) is 0 Å². The summed E-state index contributed by atoms with van der Waals surface area (Å²) >= 11 is 6.52. The highest BCUT2D eigenvalue weighted by Crippen LogP contribution is 2.38. The number of carbonyl (C=O) groups is 3. The van der Waals surface area contributed by atoms with Crippen molar-refractivity contribution in [1.29, 1.82) is 0 Å². The Hall–Kier alpha value is -2.12. The molecule has 0 bridgehead atoms. The maximum absolute atomic E-state index is 13.2. The van der Waals surface area contributed by atoms with Gasteiger partial charge in [0.25, 0.3) is 5.91 Å². The Kier molecular flexibility index (Phi) is 6.84. The topological polar surface area (TPSA) is 84.9 Å². The predicted molar refractivity (Wildman–Crippen MR) is 102 cm³/mol. The monoisotopic (exact) mass is 396 g/mol. The Labute approximate surface area is 163 Å². The van der Waals surface area contributed by atoms with Crippen molar-refractivity contribution in [3.05, 3.63) is 29.8 Å². The van der Waals surface area contributed by atoms with Crippen molar-refractivity contribution in [1.82, 2.24) is 5.32 Å². The van der Waals surface area contributed by atoms with E-state index in [4.69, 9.17) is 21.1 Å². The van der Waals surface area contributed by atoms with Gasteiger partial charge in [-0.15, -0.1) is 11.6 Å². The SMILES string of the molecule is CCOC(C=O)N1C(=O)C(NC(=O)OC(C)(C)C)CC(Cl)c2ccccc21. The number of hydrogen-bond acceptors (Lipinski definition) is 5. The summed E-state index contributed by atoms with van der Waals surface area (Å²) in [5, 5.41) is 2.04. The predicted octanol–water partition coefficient (Wildman–Crippen LogP) is 3.16. The number of ether oxygens (including phenoxy) is 2. The summed E-state index contributed by atoms with van der Waals surface area (Å²) in [6.07, 6.45) is -1.13. The van der Waals surface area contributed by atoms with Gasteiger partial charge >= 0.3 is 6.09 Å². The molecule has 0 saturated carbocycles. The average Bonchev–Trinajstić information content (AvgIpc) is 2.68. The fraction of sp³-hybridized carbons (Fsp3) is 0.526. The summed E-state index contributed by atoms with van der Waals surface area (Å²) < 4.78 is 10.7. The summed E-state index contributed by atoms with van der Waals surface area (Å²) in [5.41, 5.74) is 0.464. The van der Waals surface area contributed by atoms with Crippen molar-refractivity contribution >= 4 is 35.6 Å². The van der Waals surface area contributed by atoms with Crippen LogP contribution in [-0.4, -0.2) is 42.8 Å². The van der Waals surface area contributed by atoms with Crippen LogP contribution < -0.4 is 10.2 Å². The van der Waals surface area contributed by atoms with E-state index in [2.05, 4.69) is 5.32 Å². The Balaban J connectivity index is 2.39. The van der Waals surface area contributed by atoms with Crippen molar-refractivity contribution in [2.45, 2.75) is 57.4 Å². The first kappa shape index (κ1) is 21.2. The molecule has 0 aliphatic carbocycles. The molecule has 0 fully saturated rings. The largest absolute Gasteiger partial charge is 0.444 e. The molecule has 3 atom stereocenters. The van der Waals surface area contributed by atoms with Crippen molar-refractivity contribution < 1.29 is 23.9 Å². The Morgan fingerprint density at radius 1 is 1.41 bits per heavy atom. The van der Waals surface area contributed by atoms with Crippen LogP contribution >= 0.6 is 11.6 Å². The van der Waals surface area contributed by atoms with Gasteiger partial charge in [0.15, 0.2) is 12.5 Å². The molecule has 7 nitrogen and oxygen atoms in total. The number of aldehydes is 1. The molecular weight excluding hydrogens is 372 g/mol. The normalized spacial score (nSPS) is 21.1. The Morgan fingerprint density at radius 3 is 2.67 bits per heavy atom. The first-order chi connectivity index (χ1) is 12.7. The number of benzene rings is 1. The standard InChI is InChI=1S/C19H25ClN2O5/c1-5-26-16(11-23)22-15-9-7-6-8-12(15)13(20)10-14(17(22)24)21-18(25)27-19(2,3)4/h6-9,11,13-14,16H,5,10H2,1-4H3,(H,21,25). The summed E-state index contributed by atoms with van der Waals surface area (Å²) in [7, 11) is 0. The van der Waals surface area contributed by atoms with Gasteiger partial charge in [0.1, 0.15) is 11.6 Å². The first-order valence-electron chi connectivity index (χ1n) is 8.80. The third-order valence-electron chi connectivity index (χ3n) is 3.91. The van der Waals surface area contributed by atoms with Gasteiger partial charge in [-0.3, -0.25) is 14.5 Å². The Bertz CT molecular complexity index is 704. The second kappa shape index (κ2) is 8.71. The highest BCUT2D eigenvalue weighted by Gasteiger charge is 2.39. The molecule has 148 valence electrons. The zero-order chi connectivity index (χ0) is 20.2. The van der Waals surface area contributed by atoms with Gasteiger partial charge in [0.2, 0.25) is 0 Å². The molecule has 27 heavy (non-hydrogen) atoms. The van der Waals surface area contributed by atoms with E-state index >= 15 is 0 Å². The van der Waals surface area contributed by atoms with Crippen molar-refractivity contribution in [3.63, 3.8) is 0 Å². The quantitative estimate of drug-likeness (QED) is 0.610. The summed E-state index contributed by atoms with van der Waals surface area (Å²) in [4.78, 5) is 38.2. The fourth-order valence-corrected chi connectivity index (χ4v) is 3.23. The lowest BCUT2D eigenvalue weighted by molar-refractivity contribution is -0.128. The Morgan fingerprint density at radius 2 is 2.07 bits per heavy atom. The number of para-hydroxylation sites is 1. The van der Waals surface area contributed by atoms with Crippen molar-refractivity contribution in [2.75, 3.05) is 11.5 Å². The minimum atomic E-state index is -1.12. The van der Waals surface area contributed by atoms with Gasteiger partial charge in [-0.25, -0.2) is 4.79 Å². The number of amides is 2. The summed E-state index contributed by atoms with van der Waals surface area (Å²) in [6, 6.07) is 6.08. The van der Waals surface area contributed by atoms with Crippen LogP contribution in [0.2, 0.25) is 0 Å². The molecule has 1 heterocycles. The van der Waals surface area contributed by atoms with Crippen LogP contribution in [0.15, 0.2) is 24.3 Å². The lowest BCUT2D eigenvalue weighted by Crippen LogP contribution is -2.53. The number of hydrogen-bond donors (Lipinski definition) is 1. The maximum atomic E-state index is 13.2. The van der Waals surface area contributed by atoms with Crippen molar-refractivity contribution in [2.24, 2.45) is 0 Å². The number of halogens is 1. The van der Waals surface area contributed by atoms with E-state index in [1.807, 2.05) is 0 Å². The van der Waals surface area contributed by atoms with E-state index in [1.165, 1.54) is 4.90 Å². The van der Waals surface area contributed by atoms with Crippen LogP contribution in [0, 0.1) is 0 Å². The van der Waals surface area contributed by atoms with E-state index in [1.54, 1.807) is 52.0 Å². The number of anilines is 1. The number of rotatable bonds is 5. The summed E-state index contributed by atoms with van der Waals surface area (Å²) in [5.74, 6) is -0.484. The molecule has 1 aliphatic heterocycles. The molecule has 0 radical (unpaired) electrons. The second-order valence-corrected chi connectivity index (χ2v) is 7.68. The molecule has 3 unspecified atom stereocenters. The molecule has 2 amide bonds. The minimum absolute atomic E-state index is 0.158. The highest BCUT2D eigenvalue weighted by molar-refractivity contribution is 6.22. The number of alkyl halides is 1. The van der Waals surface area contributed by atoms with Crippen molar-refractivity contribution in [3.8, 4) is 0 Å². The molecule has 0 saturated heterocycles. The molecule has 2 rings (SSSR count). The molecule has 1 N–H and O–H groups in total. The van der Waals surface area contributed by atoms with E-state index in [0.29, 0.717) is 17.5 Å². The van der Waals surface area contributed by atoms with Crippen LogP contribution in [0.3, 0.4) is 0 Å². The van der Waals surface area contributed by atoms with Gasteiger partial charge in [0.05, 0.1) is 11.1 Å². The fourth-order valence-electron chi connectivity index (χ4n) is 2.87. The molecule has 0 aromatic heterocycles. The number of nitrogens with zero attached hydrogens (tertiary/aromatic N) is 1. The summed E-state index contributed by atoms with van der Waals surface area (Å²) in [6.45, 7) is 7.15. The lowest BCUT2D eigenvalue weighted by atomic mass is 10.1. The van der Waals surface area contributed by atoms with Crippen LogP contribution in [0.25, 0.3) is 0 Å². The van der Waals surface area contributed by atoms with Crippen LogP contribution in [0.1, 0.15) is 45.1 Å². The number of carbonyl (C=O) groups excluding carboxylic acids is 3. The third-order valence-corrected chi connectivity index (χ3v) is 4.32. The minimum Gasteiger partial charge on any atom is -0.444 e. The number of fused-ring (bicyclic) bond motifs is 1. The van der Waals surface area contributed by atoms with Gasteiger partial charge in [0, 0.05) is 6.61 Å². The zero-order valence-electron chi connectivity index (χ0n) is 15.9. The van der Waals surface area contributed by atoms with Crippen LogP contribution in [-0.2, 0) is 19.1 Å². The zero-order valence-corrected chi connectivity index (χ0v) is 16.7. The van der Waals surface area contributed by atoms with E-state index in [-0.39, 0.29) is 13.0 Å². The smallest absolute Gasteiger partial charge is 0.408 e. The van der Waals surface area contributed by atoms with Gasteiger partial charge in [-0.05, 0) is 45.7 Å². The molecule has 1 aromatic rings. The molecule has 0 spiro atoms. The van der Waals surface area contributed by atoms with Gasteiger partial charge < -0.3 is 14.8 Å².